The number of allylic oxidation sites excluding steroid dienone is 4. The number of aliphatic hydroxyl groups excluding tert-OH is 1. The fraction of sp³-hybridized carbons (Fsp3) is 0.471. The average molecular weight is 745 g/mol. The number of amides is 1. The molecule has 0 bridgehead atoms. The zero-order valence-corrected chi connectivity index (χ0v) is 29.2. The molecule has 5 atom stereocenters. The Labute approximate surface area is 282 Å². The summed E-state index contributed by atoms with van der Waals surface area (Å²) in [7, 11) is 3.99. The minimum atomic E-state index is -1.28. The number of rotatable bonds is 11. The third-order valence-corrected chi connectivity index (χ3v) is 11.5. The maximum absolute atomic E-state index is 13.8. The zero-order valence-electron chi connectivity index (χ0n) is 26.2. The van der Waals surface area contributed by atoms with Gasteiger partial charge in [-0.15, -0.1) is 4.31 Å². The van der Waals surface area contributed by atoms with E-state index in [4.69, 9.17) is 14.5 Å². The molecule has 0 saturated carbocycles. The summed E-state index contributed by atoms with van der Waals surface area (Å²) in [6, 6.07) is 7.13. The van der Waals surface area contributed by atoms with E-state index in [2.05, 4.69) is 71.8 Å². The van der Waals surface area contributed by atoms with Crippen LogP contribution in [0.5, 0.6) is 11.5 Å². The number of hydrogen-bond donors (Lipinski definition) is 2. The maximum Gasteiger partial charge on any atom is 0.270 e. The second-order valence-corrected chi connectivity index (χ2v) is 15.7. The molecule has 0 radical (unpaired) electrons. The van der Waals surface area contributed by atoms with Crippen LogP contribution in [0.1, 0.15) is 72.0 Å². The summed E-state index contributed by atoms with van der Waals surface area (Å²) >= 11 is 0.987. The summed E-state index contributed by atoms with van der Waals surface area (Å²) in [4.78, 5) is 20.6. The molecule has 0 saturated heterocycles. The second-order valence-electron chi connectivity index (χ2n) is 11.8. The van der Waals surface area contributed by atoms with Crippen molar-refractivity contribution in [2.45, 2.75) is 55.5 Å². The largest absolute Gasteiger partial charge is 0.597 e. The Bertz CT molecular complexity index is 1520. The normalized spacial score (nSPS) is 21.6. The van der Waals surface area contributed by atoms with Gasteiger partial charge in [-0.2, -0.15) is 0 Å². The van der Waals surface area contributed by atoms with Gasteiger partial charge in [0.15, 0.2) is 14.8 Å². The molecule has 240 valence electrons. The molecule has 0 fully saturated rings. The molecule has 3 unspecified atom stereocenters. The number of pyridine rings is 1. The highest BCUT2D eigenvalue weighted by Gasteiger charge is 2.43. The first-order chi connectivity index (χ1) is 21.7. The molecule has 45 heavy (non-hydrogen) atoms. The third-order valence-electron chi connectivity index (χ3n) is 8.08. The summed E-state index contributed by atoms with van der Waals surface area (Å²) in [6.07, 6.45) is 8.50. The molecular formula is C34H41IN4O5S. The lowest BCUT2D eigenvalue weighted by molar-refractivity contribution is 0.0945. The van der Waals surface area contributed by atoms with Gasteiger partial charge in [-0.05, 0) is 83.9 Å². The quantitative estimate of drug-likeness (QED) is 0.144. The molecule has 1 aliphatic carbocycles. The molecule has 9 nitrogen and oxygen atoms in total. The lowest BCUT2D eigenvalue weighted by Crippen LogP contribution is -2.35. The molecule has 2 N–H and O–H groups in total. The van der Waals surface area contributed by atoms with Gasteiger partial charge in [0.05, 0.1) is 36.2 Å². The minimum absolute atomic E-state index is 0.0166. The Morgan fingerprint density at radius 2 is 2.11 bits per heavy atom. The van der Waals surface area contributed by atoms with Crippen molar-refractivity contribution >= 4 is 45.4 Å². The van der Waals surface area contributed by atoms with Gasteiger partial charge in [-0.25, -0.2) is 4.98 Å². The molecule has 1 amide bonds. The van der Waals surface area contributed by atoms with Crippen molar-refractivity contribution in [2.24, 2.45) is 11.8 Å². The molecule has 1 aromatic carbocycles. The SMILES string of the molecule is CCCC(I)[S@@+]([O-])N1Cc2cc(C(=O)NCc3ccc4c(c3)OCO4)nc(C3=CC(C#CCN(C)C)C(C)C=C3)c2[C@@H]1CCO. The highest BCUT2D eigenvalue weighted by molar-refractivity contribution is 14.1. The topological polar surface area (TPSA) is 110 Å². The number of fused-ring (bicyclic) bond motifs is 2. The number of ether oxygens (including phenoxy) is 2. The van der Waals surface area contributed by atoms with Crippen molar-refractivity contribution in [3.8, 4) is 23.3 Å². The van der Waals surface area contributed by atoms with E-state index >= 15 is 0 Å². The third kappa shape index (κ3) is 7.86. The molecule has 11 heteroatoms. The van der Waals surface area contributed by atoms with Gasteiger partial charge >= 0.3 is 0 Å². The van der Waals surface area contributed by atoms with Crippen LogP contribution in [-0.2, 0) is 24.5 Å². The summed E-state index contributed by atoms with van der Waals surface area (Å²) in [5.74, 6) is 7.94. The number of aromatic nitrogens is 1. The van der Waals surface area contributed by atoms with Gasteiger partial charge in [0, 0.05) is 31.1 Å². The van der Waals surface area contributed by atoms with Crippen LogP contribution in [0.2, 0.25) is 0 Å². The molecule has 2 aromatic rings. The lowest BCUT2D eigenvalue weighted by atomic mass is 9.84. The van der Waals surface area contributed by atoms with Crippen molar-refractivity contribution in [1.29, 1.82) is 0 Å². The molecule has 1 aromatic heterocycles. The number of nitrogens with zero attached hydrogens (tertiary/aromatic N) is 3. The van der Waals surface area contributed by atoms with Gasteiger partial charge in [0.1, 0.15) is 5.69 Å². The summed E-state index contributed by atoms with van der Waals surface area (Å²) in [5, 5.41) is 13.1. The second kappa shape index (κ2) is 15.3. The smallest absolute Gasteiger partial charge is 0.270 e. The van der Waals surface area contributed by atoms with Crippen LogP contribution < -0.4 is 14.8 Å². The Morgan fingerprint density at radius 1 is 1.31 bits per heavy atom. The highest BCUT2D eigenvalue weighted by Crippen LogP contribution is 2.44. The number of aliphatic hydroxyl groups is 1. The monoisotopic (exact) mass is 744 g/mol. The Kier molecular flexibility index (Phi) is 11.5. The van der Waals surface area contributed by atoms with Crippen LogP contribution in [0, 0.1) is 23.7 Å². The number of carbonyl (C=O) groups excluding carboxylic acids is 1. The number of halogens is 1. The Morgan fingerprint density at radius 3 is 2.87 bits per heavy atom. The number of hydrogen-bond acceptors (Lipinski definition) is 8. The lowest BCUT2D eigenvalue weighted by Gasteiger charge is -2.29. The fourth-order valence-corrected chi connectivity index (χ4v) is 8.65. The maximum atomic E-state index is 13.8. The van der Waals surface area contributed by atoms with Crippen molar-refractivity contribution < 1.29 is 23.9 Å². The summed E-state index contributed by atoms with van der Waals surface area (Å²) < 4.78 is 26.6. The van der Waals surface area contributed by atoms with Crippen molar-refractivity contribution in [2.75, 3.05) is 34.0 Å². The van der Waals surface area contributed by atoms with Crippen LogP contribution in [0.25, 0.3) is 5.57 Å². The minimum Gasteiger partial charge on any atom is -0.597 e. The van der Waals surface area contributed by atoms with Gasteiger partial charge in [0.25, 0.3) is 5.91 Å². The van der Waals surface area contributed by atoms with E-state index in [0.717, 1.165) is 35.1 Å². The first-order valence-corrected chi connectivity index (χ1v) is 17.8. The molecule has 2 aliphatic heterocycles. The summed E-state index contributed by atoms with van der Waals surface area (Å²) in [6.45, 7) is 5.73. The zero-order chi connectivity index (χ0) is 32.1. The van der Waals surface area contributed by atoms with E-state index in [1.54, 1.807) is 0 Å². The Balaban J connectivity index is 1.51. The first kappa shape index (κ1) is 33.8. The van der Waals surface area contributed by atoms with Gasteiger partial charge in [-0.1, -0.05) is 56.4 Å². The highest BCUT2D eigenvalue weighted by atomic mass is 127. The fourth-order valence-electron chi connectivity index (χ4n) is 5.70. The van der Waals surface area contributed by atoms with E-state index in [1.165, 1.54) is 0 Å². The predicted octanol–water partition coefficient (Wildman–Crippen LogP) is 4.97. The summed E-state index contributed by atoms with van der Waals surface area (Å²) in [5.41, 5.74) is 4.57. The number of alkyl halides is 1. The molecular weight excluding hydrogens is 703 g/mol. The van der Waals surface area contributed by atoms with Crippen LogP contribution in [-0.4, -0.2) is 67.1 Å². The number of benzene rings is 1. The van der Waals surface area contributed by atoms with Crippen molar-refractivity contribution in [3.05, 3.63) is 70.6 Å². The average Bonchev–Trinajstić information content (AvgIpc) is 3.64. The van der Waals surface area contributed by atoms with Gasteiger partial charge in [0.2, 0.25) is 6.79 Å². The van der Waals surface area contributed by atoms with E-state index in [9.17, 15) is 14.5 Å². The van der Waals surface area contributed by atoms with Crippen LogP contribution in [0.3, 0.4) is 0 Å². The van der Waals surface area contributed by atoms with E-state index in [0.29, 0.717) is 48.9 Å². The standard InChI is InChI=1S/C34H41IN4O5S/c1-5-7-31(35)45(42)39-20-26-18-27(34(41)36-19-23-10-12-29-30(16-23)44-21-43-29)37-33(32(26)28(39)13-15-40)25-11-9-22(2)24(17-25)8-6-14-38(3)4/h9-12,16-18,22,24,28,31,40H,5,7,13-15,19-21H2,1-4H3,(H,36,41)/t22?,24?,28-,31?,45+/m0/s1. The van der Waals surface area contributed by atoms with Crippen LogP contribution in [0.15, 0.2) is 42.5 Å². The van der Waals surface area contributed by atoms with Crippen LogP contribution >= 0.6 is 22.6 Å². The Hall–Kier alpha value is -2.60. The molecule has 0 spiro atoms. The van der Waals surface area contributed by atoms with Crippen molar-refractivity contribution in [1.82, 2.24) is 19.5 Å². The molecule has 3 aliphatic rings. The van der Waals surface area contributed by atoms with Gasteiger partial charge < -0.3 is 24.4 Å². The molecule has 3 heterocycles. The number of carbonyl (C=O) groups is 1. The van der Waals surface area contributed by atoms with E-state index < -0.39 is 11.4 Å². The van der Waals surface area contributed by atoms with E-state index in [-0.39, 0.29) is 40.4 Å². The number of nitrogens with one attached hydrogen (secondary N) is 1. The molecule has 5 rings (SSSR count). The van der Waals surface area contributed by atoms with Crippen molar-refractivity contribution in [3.63, 3.8) is 0 Å². The van der Waals surface area contributed by atoms with Gasteiger partial charge in [-0.3, -0.25) is 9.69 Å². The van der Waals surface area contributed by atoms with E-state index in [1.807, 2.05) is 47.6 Å². The van der Waals surface area contributed by atoms with Crippen LogP contribution in [0.4, 0.5) is 0 Å². The predicted molar refractivity (Wildman–Crippen MR) is 185 cm³/mol. The first-order valence-electron chi connectivity index (χ1n) is 15.4.